The molecule has 0 saturated carbocycles. The fourth-order valence-electron chi connectivity index (χ4n) is 1.89. The van der Waals surface area contributed by atoms with Crippen molar-refractivity contribution in [1.82, 2.24) is 0 Å². The van der Waals surface area contributed by atoms with Crippen molar-refractivity contribution in [3.8, 4) is 0 Å². The van der Waals surface area contributed by atoms with Crippen LogP contribution in [-0.4, -0.2) is 5.78 Å². The summed E-state index contributed by atoms with van der Waals surface area (Å²) in [5, 5.41) is 0. The minimum absolute atomic E-state index is 0.00352. The molecule has 1 aromatic carbocycles. The molecule has 1 aromatic rings. The molecule has 0 amide bonds. The van der Waals surface area contributed by atoms with E-state index in [0.29, 0.717) is 0 Å². The summed E-state index contributed by atoms with van der Waals surface area (Å²) in [5.74, 6) is 0.223. The maximum Gasteiger partial charge on any atom is 0.141 e. The molecule has 2 rings (SSSR count). The molecule has 0 radical (unpaired) electrons. The number of benzene rings is 1. The van der Waals surface area contributed by atoms with Gasteiger partial charge < -0.3 is 0 Å². The van der Waals surface area contributed by atoms with Gasteiger partial charge in [0.05, 0.1) is 5.92 Å². The summed E-state index contributed by atoms with van der Waals surface area (Å²) >= 11 is 0. The molecular weight excluding hydrogens is 160 g/mol. The number of carbonyl (C=O) groups excluding carboxylic acids is 1. The van der Waals surface area contributed by atoms with Gasteiger partial charge in [-0.1, -0.05) is 30.3 Å². The summed E-state index contributed by atoms with van der Waals surface area (Å²) in [6, 6.07) is 8.11. The highest BCUT2D eigenvalue weighted by Gasteiger charge is 2.23. The summed E-state index contributed by atoms with van der Waals surface area (Å²) in [5.41, 5.74) is 3.60. The van der Waals surface area contributed by atoms with Crippen molar-refractivity contribution in [1.29, 1.82) is 0 Å². The van der Waals surface area contributed by atoms with Crippen LogP contribution in [0.4, 0.5) is 0 Å². The van der Waals surface area contributed by atoms with Gasteiger partial charge >= 0.3 is 0 Å². The number of hydrogen-bond donors (Lipinski definition) is 0. The Morgan fingerprint density at radius 3 is 2.69 bits per heavy atom. The van der Waals surface area contributed by atoms with Crippen molar-refractivity contribution in [2.24, 2.45) is 0 Å². The zero-order valence-electron chi connectivity index (χ0n) is 7.87. The second-order valence-corrected chi connectivity index (χ2v) is 3.53. The van der Waals surface area contributed by atoms with Gasteiger partial charge in [0.25, 0.3) is 0 Å². The zero-order chi connectivity index (χ0) is 9.42. The lowest BCUT2D eigenvalue weighted by Gasteiger charge is -2.05. The van der Waals surface area contributed by atoms with Crippen LogP contribution in [0.2, 0.25) is 0 Å². The third-order valence-corrected chi connectivity index (χ3v) is 2.58. The highest BCUT2D eigenvalue weighted by atomic mass is 16.1. The van der Waals surface area contributed by atoms with Gasteiger partial charge in [-0.3, -0.25) is 4.79 Å². The number of rotatable bonds is 1. The normalized spacial score (nSPS) is 19.5. The van der Waals surface area contributed by atoms with Gasteiger partial charge in [-0.05, 0) is 30.5 Å². The van der Waals surface area contributed by atoms with Crippen molar-refractivity contribution in [2.45, 2.75) is 19.8 Å². The van der Waals surface area contributed by atoms with E-state index in [0.717, 1.165) is 5.56 Å². The van der Waals surface area contributed by atoms with Crippen molar-refractivity contribution in [3.63, 3.8) is 0 Å². The molecule has 1 heteroatoms. The summed E-state index contributed by atoms with van der Waals surface area (Å²) in [7, 11) is 0. The minimum atomic E-state index is -0.00352. The monoisotopic (exact) mass is 172 g/mol. The molecular formula is C12H12O. The first kappa shape index (κ1) is 8.24. The smallest absolute Gasteiger partial charge is 0.141 e. The summed E-state index contributed by atoms with van der Waals surface area (Å²) in [4.78, 5) is 11.3. The molecule has 0 spiro atoms. The van der Waals surface area contributed by atoms with Gasteiger partial charge in [-0.2, -0.15) is 0 Å². The highest BCUT2D eigenvalue weighted by Crippen LogP contribution is 2.35. The van der Waals surface area contributed by atoms with Gasteiger partial charge in [-0.25, -0.2) is 0 Å². The molecule has 0 aliphatic heterocycles. The van der Waals surface area contributed by atoms with Gasteiger partial charge in [0.1, 0.15) is 5.78 Å². The predicted octanol–water partition coefficient (Wildman–Crippen LogP) is 2.78. The Bertz CT molecular complexity index is 388. The van der Waals surface area contributed by atoms with Crippen LogP contribution in [0.1, 0.15) is 30.9 Å². The van der Waals surface area contributed by atoms with E-state index in [4.69, 9.17) is 0 Å². The third kappa shape index (κ3) is 1.21. The standard InChI is InChI=1S/C12H12O/c1-8-7-12(9(2)13)11-6-4-3-5-10(8)11/h3-7,12H,1-2H3. The molecule has 13 heavy (non-hydrogen) atoms. The number of allylic oxidation sites excluding steroid dienone is 2. The Labute approximate surface area is 78.1 Å². The molecule has 0 aromatic heterocycles. The molecule has 0 N–H and O–H groups in total. The average Bonchev–Trinajstić information content (AvgIpc) is 2.45. The van der Waals surface area contributed by atoms with Crippen LogP contribution in [0.15, 0.2) is 30.3 Å². The quantitative estimate of drug-likeness (QED) is 0.636. The van der Waals surface area contributed by atoms with Crippen LogP contribution in [0.3, 0.4) is 0 Å². The lowest BCUT2D eigenvalue weighted by molar-refractivity contribution is -0.117. The number of Topliss-reactive ketones (excluding diaryl/α,β-unsaturated/α-hetero) is 1. The topological polar surface area (TPSA) is 17.1 Å². The first-order chi connectivity index (χ1) is 6.20. The van der Waals surface area contributed by atoms with Crippen LogP contribution >= 0.6 is 0 Å². The van der Waals surface area contributed by atoms with Gasteiger partial charge in [0.15, 0.2) is 0 Å². The molecule has 0 saturated heterocycles. The Morgan fingerprint density at radius 2 is 2.00 bits per heavy atom. The Morgan fingerprint density at radius 1 is 1.31 bits per heavy atom. The van der Waals surface area contributed by atoms with Gasteiger partial charge in [-0.15, -0.1) is 0 Å². The maximum atomic E-state index is 11.3. The van der Waals surface area contributed by atoms with E-state index in [9.17, 15) is 4.79 Å². The Kier molecular flexibility index (Phi) is 1.80. The van der Waals surface area contributed by atoms with E-state index in [-0.39, 0.29) is 11.7 Å². The lowest BCUT2D eigenvalue weighted by Crippen LogP contribution is -2.03. The van der Waals surface area contributed by atoms with E-state index in [2.05, 4.69) is 13.0 Å². The van der Waals surface area contributed by atoms with Crippen LogP contribution in [0, 0.1) is 0 Å². The highest BCUT2D eigenvalue weighted by molar-refractivity contribution is 5.92. The van der Waals surface area contributed by atoms with E-state index in [1.165, 1.54) is 11.1 Å². The molecule has 1 aliphatic carbocycles. The van der Waals surface area contributed by atoms with E-state index >= 15 is 0 Å². The van der Waals surface area contributed by atoms with Crippen LogP contribution < -0.4 is 0 Å². The fraction of sp³-hybridized carbons (Fsp3) is 0.250. The number of ketones is 1. The second kappa shape index (κ2) is 2.84. The van der Waals surface area contributed by atoms with Crippen molar-refractivity contribution in [2.75, 3.05) is 0 Å². The van der Waals surface area contributed by atoms with E-state index in [1.807, 2.05) is 24.3 Å². The Balaban J connectivity index is 2.56. The Hall–Kier alpha value is -1.37. The average molecular weight is 172 g/mol. The van der Waals surface area contributed by atoms with Crippen molar-refractivity contribution >= 4 is 11.4 Å². The maximum absolute atomic E-state index is 11.3. The predicted molar refractivity (Wildman–Crippen MR) is 53.5 cm³/mol. The van der Waals surface area contributed by atoms with Crippen molar-refractivity contribution in [3.05, 3.63) is 41.5 Å². The summed E-state index contributed by atoms with van der Waals surface area (Å²) in [6.45, 7) is 3.71. The minimum Gasteiger partial charge on any atom is -0.299 e. The lowest BCUT2D eigenvalue weighted by atomic mass is 9.97. The second-order valence-electron chi connectivity index (χ2n) is 3.53. The van der Waals surface area contributed by atoms with Gasteiger partial charge in [0, 0.05) is 0 Å². The number of fused-ring (bicyclic) bond motifs is 1. The fourth-order valence-corrected chi connectivity index (χ4v) is 1.89. The molecule has 1 atom stereocenters. The van der Waals surface area contributed by atoms with E-state index < -0.39 is 0 Å². The SMILES string of the molecule is CC(=O)C1C=C(C)c2ccccc21. The first-order valence-corrected chi connectivity index (χ1v) is 4.48. The molecule has 0 heterocycles. The molecule has 0 bridgehead atoms. The van der Waals surface area contributed by atoms with Crippen molar-refractivity contribution < 1.29 is 4.79 Å². The van der Waals surface area contributed by atoms with Crippen LogP contribution in [0.25, 0.3) is 5.57 Å². The van der Waals surface area contributed by atoms with Crippen LogP contribution in [0.5, 0.6) is 0 Å². The molecule has 1 nitrogen and oxygen atoms in total. The summed E-state index contributed by atoms with van der Waals surface area (Å²) < 4.78 is 0. The molecule has 1 aliphatic rings. The van der Waals surface area contributed by atoms with Crippen LogP contribution in [-0.2, 0) is 4.79 Å². The molecule has 66 valence electrons. The summed E-state index contributed by atoms with van der Waals surface area (Å²) in [6.07, 6.45) is 2.05. The van der Waals surface area contributed by atoms with E-state index in [1.54, 1.807) is 6.92 Å². The number of hydrogen-bond acceptors (Lipinski definition) is 1. The van der Waals surface area contributed by atoms with Gasteiger partial charge in [0.2, 0.25) is 0 Å². The third-order valence-electron chi connectivity index (χ3n) is 2.58. The zero-order valence-corrected chi connectivity index (χ0v) is 7.87. The number of carbonyl (C=O) groups is 1. The molecule has 1 unspecified atom stereocenters. The largest absolute Gasteiger partial charge is 0.299 e. The molecule has 0 fully saturated rings. The first-order valence-electron chi connectivity index (χ1n) is 4.48.